The Morgan fingerprint density at radius 1 is 1.61 bits per heavy atom. The molecule has 1 heterocycles. The summed E-state index contributed by atoms with van der Waals surface area (Å²) in [7, 11) is 0. The molecule has 0 aromatic heterocycles. The van der Waals surface area contributed by atoms with Gasteiger partial charge in [0.15, 0.2) is 0 Å². The molecule has 2 atom stereocenters. The normalized spacial score (nSPS) is 25.3. The van der Waals surface area contributed by atoms with E-state index in [2.05, 4.69) is 12.3 Å². The molecular formula is C13H18ClFN2S. The number of halogens is 2. The second-order valence-electron chi connectivity index (χ2n) is 4.92. The number of thioether (sulfide) groups is 1. The van der Waals surface area contributed by atoms with Crippen molar-refractivity contribution in [2.24, 2.45) is 5.84 Å². The zero-order valence-corrected chi connectivity index (χ0v) is 12.0. The molecule has 5 heteroatoms. The van der Waals surface area contributed by atoms with Crippen LogP contribution in [0, 0.1) is 5.82 Å². The van der Waals surface area contributed by atoms with Crippen LogP contribution in [0.1, 0.15) is 25.3 Å². The molecule has 1 aliphatic heterocycles. The van der Waals surface area contributed by atoms with Crippen molar-refractivity contribution in [2.75, 3.05) is 5.75 Å². The minimum absolute atomic E-state index is 0.0537. The molecule has 0 saturated carbocycles. The molecule has 18 heavy (non-hydrogen) atoms. The maximum Gasteiger partial charge on any atom is 0.126 e. The molecule has 1 aromatic carbocycles. The summed E-state index contributed by atoms with van der Waals surface area (Å²) in [6.07, 6.45) is 2.86. The third kappa shape index (κ3) is 2.99. The largest absolute Gasteiger partial charge is 0.271 e. The van der Waals surface area contributed by atoms with Gasteiger partial charge in [-0.1, -0.05) is 11.6 Å². The molecule has 0 spiro atoms. The standard InChI is InChI=1S/C13H18ClFN2S/c1-13(5-2-6-18-13)12(17-16)8-9-7-10(14)3-4-11(9)15/h3-4,7,12,17H,2,5-6,8,16H2,1H3. The van der Waals surface area contributed by atoms with Gasteiger partial charge in [0, 0.05) is 15.8 Å². The first-order valence-corrected chi connectivity index (χ1v) is 7.45. The average Bonchev–Trinajstić information content (AvgIpc) is 2.78. The van der Waals surface area contributed by atoms with Crippen LogP contribution in [0.4, 0.5) is 4.39 Å². The summed E-state index contributed by atoms with van der Waals surface area (Å²) in [4.78, 5) is 0. The minimum Gasteiger partial charge on any atom is -0.271 e. The Morgan fingerprint density at radius 2 is 2.39 bits per heavy atom. The lowest BCUT2D eigenvalue weighted by molar-refractivity contribution is 0.400. The topological polar surface area (TPSA) is 38.0 Å². The van der Waals surface area contributed by atoms with Crippen LogP contribution < -0.4 is 11.3 Å². The second kappa shape index (κ2) is 5.78. The Bertz CT molecular complexity index is 421. The van der Waals surface area contributed by atoms with Gasteiger partial charge in [0.2, 0.25) is 0 Å². The highest BCUT2D eigenvalue weighted by molar-refractivity contribution is 8.00. The van der Waals surface area contributed by atoms with Gasteiger partial charge in [-0.3, -0.25) is 11.3 Å². The van der Waals surface area contributed by atoms with Crippen molar-refractivity contribution in [3.63, 3.8) is 0 Å². The van der Waals surface area contributed by atoms with Gasteiger partial charge in [0.1, 0.15) is 5.82 Å². The third-order valence-corrected chi connectivity index (χ3v) is 5.50. The summed E-state index contributed by atoms with van der Waals surface area (Å²) < 4.78 is 13.8. The molecule has 0 radical (unpaired) electrons. The van der Waals surface area contributed by atoms with Crippen LogP contribution >= 0.6 is 23.4 Å². The maximum absolute atomic E-state index is 13.7. The Labute approximate surface area is 116 Å². The van der Waals surface area contributed by atoms with Crippen molar-refractivity contribution in [1.82, 2.24) is 5.43 Å². The van der Waals surface area contributed by atoms with Crippen LogP contribution in [0.5, 0.6) is 0 Å². The van der Waals surface area contributed by atoms with Crippen LogP contribution in [-0.4, -0.2) is 16.5 Å². The molecular weight excluding hydrogens is 271 g/mol. The number of nitrogens with one attached hydrogen (secondary N) is 1. The Balaban J connectivity index is 2.17. The van der Waals surface area contributed by atoms with Crippen molar-refractivity contribution in [3.8, 4) is 0 Å². The van der Waals surface area contributed by atoms with E-state index in [0.29, 0.717) is 17.0 Å². The van der Waals surface area contributed by atoms with Gasteiger partial charge in [-0.2, -0.15) is 11.8 Å². The van der Waals surface area contributed by atoms with E-state index >= 15 is 0 Å². The molecule has 0 amide bonds. The molecule has 0 bridgehead atoms. The van der Waals surface area contributed by atoms with E-state index in [9.17, 15) is 4.39 Å². The predicted octanol–water partition coefficient (Wildman–Crippen LogP) is 3.14. The minimum atomic E-state index is -0.216. The van der Waals surface area contributed by atoms with E-state index in [4.69, 9.17) is 17.4 Å². The highest BCUT2D eigenvalue weighted by Gasteiger charge is 2.37. The van der Waals surface area contributed by atoms with Gasteiger partial charge in [0.25, 0.3) is 0 Å². The van der Waals surface area contributed by atoms with Gasteiger partial charge < -0.3 is 0 Å². The SMILES string of the molecule is CC1(C(Cc2cc(Cl)ccc2F)NN)CCCS1. The highest BCUT2D eigenvalue weighted by Crippen LogP contribution is 2.41. The smallest absolute Gasteiger partial charge is 0.126 e. The molecule has 3 N–H and O–H groups in total. The predicted molar refractivity (Wildman–Crippen MR) is 76.3 cm³/mol. The molecule has 2 nitrogen and oxygen atoms in total. The van der Waals surface area contributed by atoms with Crippen molar-refractivity contribution < 1.29 is 4.39 Å². The summed E-state index contributed by atoms with van der Waals surface area (Å²) in [5, 5.41) is 0.561. The molecule has 1 fully saturated rings. The number of hydrazine groups is 1. The number of rotatable bonds is 4. The van der Waals surface area contributed by atoms with Crippen molar-refractivity contribution >= 4 is 23.4 Å². The lowest BCUT2D eigenvalue weighted by Gasteiger charge is -2.33. The van der Waals surface area contributed by atoms with E-state index in [-0.39, 0.29) is 16.6 Å². The van der Waals surface area contributed by atoms with E-state index < -0.39 is 0 Å². The third-order valence-electron chi connectivity index (χ3n) is 3.62. The molecule has 1 aliphatic rings. The average molecular weight is 289 g/mol. The number of hydrogen-bond acceptors (Lipinski definition) is 3. The van der Waals surface area contributed by atoms with Crippen LogP contribution in [0.25, 0.3) is 0 Å². The van der Waals surface area contributed by atoms with Crippen molar-refractivity contribution in [2.45, 2.75) is 37.0 Å². The summed E-state index contributed by atoms with van der Waals surface area (Å²) in [5.41, 5.74) is 3.47. The van der Waals surface area contributed by atoms with Gasteiger partial charge in [0.05, 0.1) is 0 Å². The van der Waals surface area contributed by atoms with E-state index in [1.807, 2.05) is 11.8 Å². The molecule has 100 valence electrons. The van der Waals surface area contributed by atoms with Gasteiger partial charge in [-0.15, -0.1) is 0 Å². The van der Waals surface area contributed by atoms with Gasteiger partial charge in [-0.25, -0.2) is 4.39 Å². The number of hydrogen-bond donors (Lipinski definition) is 2. The van der Waals surface area contributed by atoms with Crippen molar-refractivity contribution in [3.05, 3.63) is 34.6 Å². The quantitative estimate of drug-likeness (QED) is 0.660. The summed E-state index contributed by atoms with van der Waals surface area (Å²) in [5.74, 6) is 6.58. The zero-order chi connectivity index (χ0) is 13.2. The highest BCUT2D eigenvalue weighted by atomic mass is 35.5. The fourth-order valence-corrected chi connectivity index (χ4v) is 4.04. The monoisotopic (exact) mass is 288 g/mol. The van der Waals surface area contributed by atoms with Crippen LogP contribution in [-0.2, 0) is 6.42 Å². The van der Waals surface area contributed by atoms with Gasteiger partial charge in [-0.05, 0) is 55.7 Å². The molecule has 2 unspecified atom stereocenters. The molecule has 1 aromatic rings. The molecule has 0 aliphatic carbocycles. The Kier molecular flexibility index (Phi) is 4.54. The summed E-state index contributed by atoms with van der Waals surface area (Å²) >= 11 is 7.82. The Morgan fingerprint density at radius 3 is 3.00 bits per heavy atom. The van der Waals surface area contributed by atoms with Crippen LogP contribution in [0.3, 0.4) is 0 Å². The maximum atomic E-state index is 13.7. The molecule has 1 saturated heterocycles. The van der Waals surface area contributed by atoms with E-state index in [1.54, 1.807) is 12.1 Å². The second-order valence-corrected chi connectivity index (χ2v) is 6.99. The Hall–Kier alpha value is -0.290. The first kappa shape index (κ1) is 14.1. The van der Waals surface area contributed by atoms with Crippen LogP contribution in [0.15, 0.2) is 18.2 Å². The summed E-state index contributed by atoms with van der Waals surface area (Å²) in [6.45, 7) is 2.19. The fourth-order valence-electron chi connectivity index (χ4n) is 2.45. The first-order valence-electron chi connectivity index (χ1n) is 6.09. The van der Waals surface area contributed by atoms with E-state index in [1.165, 1.54) is 12.5 Å². The van der Waals surface area contributed by atoms with Crippen LogP contribution in [0.2, 0.25) is 5.02 Å². The number of benzene rings is 1. The zero-order valence-electron chi connectivity index (χ0n) is 10.4. The van der Waals surface area contributed by atoms with Crippen molar-refractivity contribution in [1.29, 1.82) is 0 Å². The first-order chi connectivity index (χ1) is 8.55. The summed E-state index contributed by atoms with van der Waals surface area (Å²) in [6, 6.07) is 4.72. The number of nitrogens with two attached hydrogens (primary N) is 1. The van der Waals surface area contributed by atoms with E-state index in [0.717, 1.165) is 12.2 Å². The van der Waals surface area contributed by atoms with Gasteiger partial charge >= 0.3 is 0 Å². The fraction of sp³-hybridized carbons (Fsp3) is 0.538. The lowest BCUT2D eigenvalue weighted by atomic mass is 9.91. The lowest BCUT2D eigenvalue weighted by Crippen LogP contribution is -2.50. The molecule has 2 rings (SSSR count).